The van der Waals surface area contributed by atoms with E-state index in [9.17, 15) is 0 Å². The molecule has 2 aliphatic heterocycles. The van der Waals surface area contributed by atoms with Gasteiger partial charge in [0.1, 0.15) is 0 Å². The fourth-order valence-corrected chi connectivity index (χ4v) is 3.20. The Kier molecular flexibility index (Phi) is 3.61. The third-order valence-electron chi connectivity index (χ3n) is 4.38. The molecule has 0 amide bonds. The number of dihydropyridines is 1. The third kappa shape index (κ3) is 2.57. The van der Waals surface area contributed by atoms with Crippen molar-refractivity contribution in [3.8, 4) is 0 Å². The minimum atomic E-state index is -0.112. The van der Waals surface area contributed by atoms with Gasteiger partial charge < -0.3 is 10.7 Å². The molecule has 0 spiro atoms. The van der Waals surface area contributed by atoms with Crippen LogP contribution in [0.4, 0.5) is 0 Å². The second kappa shape index (κ2) is 5.33. The highest BCUT2D eigenvalue weighted by Crippen LogP contribution is 2.37. The summed E-state index contributed by atoms with van der Waals surface area (Å²) in [6, 6.07) is 6.97. The summed E-state index contributed by atoms with van der Waals surface area (Å²) >= 11 is 0. The fraction of sp³-hybridized carbons (Fsp3) is 0.368. The molecule has 3 rings (SSSR count). The van der Waals surface area contributed by atoms with Crippen molar-refractivity contribution < 1.29 is 0 Å². The maximum atomic E-state index is 3.43. The van der Waals surface area contributed by atoms with E-state index >= 15 is 0 Å². The van der Waals surface area contributed by atoms with Gasteiger partial charge in [0.15, 0.2) is 0 Å². The Hall–Kier alpha value is -2.00. The Morgan fingerprint density at radius 3 is 2.64 bits per heavy atom. The van der Waals surface area contributed by atoms with Crippen LogP contribution in [-0.4, -0.2) is 11.6 Å². The lowest BCUT2D eigenvalue weighted by molar-refractivity contribution is 0.462. The monoisotopic (exact) mass is 295 g/mol. The van der Waals surface area contributed by atoms with E-state index < -0.39 is 0 Å². The van der Waals surface area contributed by atoms with Crippen molar-refractivity contribution >= 4 is 5.70 Å². The first kappa shape index (κ1) is 14.9. The smallest absolute Gasteiger partial charge is 0.0620 e. The van der Waals surface area contributed by atoms with Gasteiger partial charge in [0.25, 0.3) is 0 Å². The largest absolute Gasteiger partial charge is 0.385 e. The van der Waals surface area contributed by atoms with Crippen LogP contribution in [0.2, 0.25) is 0 Å². The molecule has 2 heterocycles. The summed E-state index contributed by atoms with van der Waals surface area (Å²) in [5.41, 5.74) is 14.4. The van der Waals surface area contributed by atoms with E-state index in [4.69, 9.17) is 0 Å². The highest BCUT2D eigenvalue weighted by atomic mass is 15.4. The summed E-state index contributed by atoms with van der Waals surface area (Å²) in [6.07, 6.45) is 6.50. The molecule has 0 bridgehead atoms. The number of hydrazine groups is 1. The van der Waals surface area contributed by atoms with Gasteiger partial charge in [-0.25, -0.2) is 5.43 Å². The SMILES string of the molecule is Cc1ccc(C)c(C2=C(C3=CC(C)NC=C3)C(C)(C)NN2)c1. The minimum Gasteiger partial charge on any atom is -0.385 e. The van der Waals surface area contributed by atoms with Crippen molar-refractivity contribution in [2.24, 2.45) is 0 Å². The van der Waals surface area contributed by atoms with Crippen LogP contribution < -0.4 is 16.2 Å². The zero-order valence-corrected chi connectivity index (χ0v) is 14.0. The number of aryl methyl sites for hydroxylation is 2. The summed E-state index contributed by atoms with van der Waals surface area (Å²) in [6.45, 7) is 10.9. The minimum absolute atomic E-state index is 0.112. The van der Waals surface area contributed by atoms with Crippen LogP contribution in [0.25, 0.3) is 5.70 Å². The Bertz CT molecular complexity index is 693. The molecule has 3 nitrogen and oxygen atoms in total. The first-order valence-electron chi connectivity index (χ1n) is 7.89. The zero-order chi connectivity index (χ0) is 15.9. The van der Waals surface area contributed by atoms with Crippen LogP contribution in [0, 0.1) is 13.8 Å². The summed E-state index contributed by atoms with van der Waals surface area (Å²) < 4.78 is 0. The van der Waals surface area contributed by atoms with Crippen LogP contribution in [0.1, 0.15) is 37.5 Å². The van der Waals surface area contributed by atoms with Crippen molar-refractivity contribution in [2.75, 3.05) is 0 Å². The maximum absolute atomic E-state index is 3.43. The fourth-order valence-electron chi connectivity index (χ4n) is 3.20. The Balaban J connectivity index is 2.19. The van der Waals surface area contributed by atoms with Gasteiger partial charge >= 0.3 is 0 Å². The number of rotatable bonds is 2. The molecule has 2 aliphatic rings. The molecule has 1 unspecified atom stereocenters. The van der Waals surface area contributed by atoms with Crippen LogP contribution in [-0.2, 0) is 0 Å². The normalized spacial score (nSPS) is 23.1. The molecule has 1 aromatic rings. The molecule has 0 radical (unpaired) electrons. The predicted octanol–water partition coefficient (Wildman–Crippen LogP) is 3.33. The average Bonchev–Trinajstić information content (AvgIpc) is 2.77. The highest BCUT2D eigenvalue weighted by Gasteiger charge is 2.35. The van der Waals surface area contributed by atoms with E-state index in [1.165, 1.54) is 33.5 Å². The molecule has 3 N–H and O–H groups in total. The molecule has 0 saturated carbocycles. The predicted molar refractivity (Wildman–Crippen MR) is 93.0 cm³/mol. The summed E-state index contributed by atoms with van der Waals surface area (Å²) in [5.74, 6) is 0. The molecule has 1 atom stereocenters. The van der Waals surface area contributed by atoms with Crippen molar-refractivity contribution in [3.05, 3.63) is 64.4 Å². The topological polar surface area (TPSA) is 36.1 Å². The lowest BCUT2D eigenvalue weighted by atomic mass is 9.84. The first-order chi connectivity index (χ1) is 10.4. The van der Waals surface area contributed by atoms with E-state index in [0.29, 0.717) is 6.04 Å². The Morgan fingerprint density at radius 1 is 1.14 bits per heavy atom. The molecule has 3 heteroatoms. The Labute approximate surface area is 133 Å². The molecule has 116 valence electrons. The van der Waals surface area contributed by atoms with Crippen LogP contribution in [0.3, 0.4) is 0 Å². The average molecular weight is 295 g/mol. The highest BCUT2D eigenvalue weighted by molar-refractivity contribution is 5.78. The van der Waals surface area contributed by atoms with Gasteiger partial charge in [-0.2, -0.15) is 0 Å². The van der Waals surface area contributed by atoms with Gasteiger partial charge in [0, 0.05) is 17.2 Å². The second-order valence-corrected chi connectivity index (χ2v) is 6.85. The lowest BCUT2D eigenvalue weighted by Crippen LogP contribution is -2.41. The van der Waals surface area contributed by atoms with Gasteiger partial charge in [-0.15, -0.1) is 0 Å². The molecule has 0 aliphatic carbocycles. The maximum Gasteiger partial charge on any atom is 0.0620 e. The van der Waals surface area contributed by atoms with E-state index in [0.717, 1.165) is 0 Å². The molecule has 1 aromatic carbocycles. The summed E-state index contributed by atoms with van der Waals surface area (Å²) in [5, 5.41) is 3.32. The molecule has 0 fully saturated rings. The van der Waals surface area contributed by atoms with Gasteiger partial charge in [-0.05, 0) is 64.1 Å². The van der Waals surface area contributed by atoms with E-state index in [1.807, 2.05) is 6.20 Å². The van der Waals surface area contributed by atoms with Crippen molar-refractivity contribution in [2.45, 2.75) is 46.2 Å². The van der Waals surface area contributed by atoms with E-state index in [2.05, 4.69) is 81.1 Å². The van der Waals surface area contributed by atoms with Gasteiger partial charge in [0.05, 0.1) is 11.2 Å². The summed E-state index contributed by atoms with van der Waals surface area (Å²) in [7, 11) is 0. The zero-order valence-electron chi connectivity index (χ0n) is 14.0. The molecular weight excluding hydrogens is 270 g/mol. The molecule has 0 saturated heterocycles. The number of nitrogens with one attached hydrogen (secondary N) is 3. The van der Waals surface area contributed by atoms with Crippen molar-refractivity contribution in [1.82, 2.24) is 16.2 Å². The number of hydrogen-bond donors (Lipinski definition) is 3. The van der Waals surface area contributed by atoms with Crippen molar-refractivity contribution in [1.29, 1.82) is 0 Å². The molecule has 22 heavy (non-hydrogen) atoms. The molecular formula is C19H25N3. The van der Waals surface area contributed by atoms with Gasteiger partial charge in [0.2, 0.25) is 0 Å². The van der Waals surface area contributed by atoms with Crippen LogP contribution >= 0.6 is 0 Å². The van der Waals surface area contributed by atoms with Crippen molar-refractivity contribution in [3.63, 3.8) is 0 Å². The first-order valence-corrected chi connectivity index (χ1v) is 7.89. The molecule has 0 aromatic heterocycles. The Morgan fingerprint density at radius 2 is 1.91 bits per heavy atom. The summed E-state index contributed by atoms with van der Waals surface area (Å²) in [4.78, 5) is 0. The van der Waals surface area contributed by atoms with E-state index in [1.54, 1.807) is 0 Å². The number of benzene rings is 1. The third-order valence-corrected chi connectivity index (χ3v) is 4.38. The van der Waals surface area contributed by atoms with Crippen LogP contribution in [0.5, 0.6) is 0 Å². The number of allylic oxidation sites excluding steroid dienone is 1. The second-order valence-electron chi connectivity index (χ2n) is 6.85. The van der Waals surface area contributed by atoms with E-state index in [-0.39, 0.29) is 5.54 Å². The standard InChI is InChI=1S/C19H25N3/c1-12-6-7-13(2)16(10-12)18-17(19(4,5)22-21-18)15-8-9-20-14(3)11-15/h6-11,14,20-22H,1-5H3. The number of hydrogen-bond acceptors (Lipinski definition) is 3. The quantitative estimate of drug-likeness (QED) is 0.783. The van der Waals surface area contributed by atoms with Gasteiger partial charge in [-0.3, -0.25) is 0 Å². The lowest BCUT2D eigenvalue weighted by Gasteiger charge is -2.25. The van der Waals surface area contributed by atoms with Gasteiger partial charge in [-0.1, -0.05) is 23.8 Å². The van der Waals surface area contributed by atoms with Crippen LogP contribution in [0.15, 0.2) is 47.7 Å².